The van der Waals surface area contributed by atoms with Crippen molar-refractivity contribution in [1.29, 1.82) is 0 Å². The summed E-state index contributed by atoms with van der Waals surface area (Å²) in [5.74, 6) is 1.37. The summed E-state index contributed by atoms with van der Waals surface area (Å²) in [7, 11) is 0. The maximum absolute atomic E-state index is 11.6. The topological polar surface area (TPSA) is 35.5 Å². The molecule has 1 aromatic rings. The van der Waals surface area contributed by atoms with Gasteiger partial charge in [-0.15, -0.1) is 0 Å². The molecule has 3 nitrogen and oxygen atoms in total. The number of hydrogen-bond acceptors (Lipinski definition) is 3. The van der Waals surface area contributed by atoms with Crippen LogP contribution in [0.15, 0.2) is 18.2 Å². The molecule has 0 saturated heterocycles. The molecule has 3 heteroatoms. The molecule has 0 amide bonds. The zero-order valence-corrected chi connectivity index (χ0v) is 9.94. The number of esters is 1. The van der Waals surface area contributed by atoms with Crippen molar-refractivity contribution in [3.05, 3.63) is 29.3 Å². The van der Waals surface area contributed by atoms with Crippen molar-refractivity contribution >= 4 is 5.97 Å². The van der Waals surface area contributed by atoms with Crippen LogP contribution in [0.4, 0.5) is 0 Å². The molecule has 0 N–H and O–H groups in total. The minimum atomic E-state index is -0.0472. The van der Waals surface area contributed by atoms with Crippen molar-refractivity contribution in [3.63, 3.8) is 0 Å². The molecule has 1 aliphatic carbocycles. The second-order valence-corrected chi connectivity index (χ2v) is 4.62. The summed E-state index contributed by atoms with van der Waals surface area (Å²) in [6, 6.07) is 6.14. The molecular formula is C14H16O3. The fraction of sp³-hybridized carbons (Fsp3) is 0.500. The average molecular weight is 232 g/mol. The van der Waals surface area contributed by atoms with Gasteiger partial charge in [-0.25, -0.2) is 0 Å². The van der Waals surface area contributed by atoms with E-state index in [1.54, 1.807) is 0 Å². The Balaban J connectivity index is 1.79. The number of carbonyl (C=O) groups is 1. The van der Waals surface area contributed by atoms with Crippen molar-refractivity contribution in [2.45, 2.75) is 25.7 Å². The summed E-state index contributed by atoms with van der Waals surface area (Å²) in [5.41, 5.74) is 2.59. The van der Waals surface area contributed by atoms with Gasteiger partial charge in [-0.2, -0.15) is 0 Å². The van der Waals surface area contributed by atoms with Crippen LogP contribution in [0.2, 0.25) is 0 Å². The van der Waals surface area contributed by atoms with Gasteiger partial charge in [0.25, 0.3) is 0 Å². The van der Waals surface area contributed by atoms with E-state index in [0.717, 1.165) is 25.2 Å². The van der Waals surface area contributed by atoms with Crippen LogP contribution in [0, 0.1) is 5.92 Å². The predicted molar refractivity (Wildman–Crippen MR) is 63.1 cm³/mol. The van der Waals surface area contributed by atoms with Crippen LogP contribution < -0.4 is 4.74 Å². The van der Waals surface area contributed by atoms with Gasteiger partial charge in [0, 0.05) is 12.0 Å². The predicted octanol–water partition coefficient (Wildman–Crippen LogP) is 2.29. The molecule has 1 heterocycles. The minimum Gasteiger partial charge on any atom is -0.493 e. The fourth-order valence-corrected chi connectivity index (χ4v) is 2.64. The Morgan fingerprint density at radius 2 is 2.41 bits per heavy atom. The zero-order valence-electron chi connectivity index (χ0n) is 9.94. The van der Waals surface area contributed by atoms with Crippen molar-refractivity contribution in [3.8, 4) is 5.75 Å². The highest BCUT2D eigenvalue weighted by Crippen LogP contribution is 2.51. The average Bonchev–Trinajstić information content (AvgIpc) is 2.98. The number of fused-ring (bicyclic) bond motifs is 1. The van der Waals surface area contributed by atoms with Gasteiger partial charge in [0.15, 0.2) is 0 Å². The lowest BCUT2D eigenvalue weighted by atomic mass is 10.00. The van der Waals surface area contributed by atoms with Gasteiger partial charge in [-0.1, -0.05) is 12.1 Å². The van der Waals surface area contributed by atoms with Gasteiger partial charge in [-0.3, -0.25) is 4.79 Å². The second-order valence-electron chi connectivity index (χ2n) is 4.62. The molecule has 3 rings (SSSR count). The van der Waals surface area contributed by atoms with E-state index in [0.29, 0.717) is 12.5 Å². The molecule has 90 valence electrons. The van der Waals surface area contributed by atoms with Crippen LogP contribution in [0.5, 0.6) is 5.75 Å². The maximum atomic E-state index is 11.6. The molecular weight excluding hydrogens is 216 g/mol. The van der Waals surface area contributed by atoms with E-state index in [-0.39, 0.29) is 11.9 Å². The molecule has 2 aliphatic rings. The van der Waals surface area contributed by atoms with Gasteiger partial charge in [0.2, 0.25) is 0 Å². The largest absolute Gasteiger partial charge is 0.493 e. The molecule has 1 aliphatic heterocycles. The molecule has 0 radical (unpaired) electrons. The Bertz CT molecular complexity index is 453. The van der Waals surface area contributed by atoms with Gasteiger partial charge in [0.1, 0.15) is 5.75 Å². The van der Waals surface area contributed by atoms with Crippen LogP contribution in [0.1, 0.15) is 30.4 Å². The third-order valence-corrected chi connectivity index (χ3v) is 3.56. The molecule has 17 heavy (non-hydrogen) atoms. The monoisotopic (exact) mass is 232 g/mol. The Kier molecular flexibility index (Phi) is 2.54. The Morgan fingerprint density at radius 3 is 3.24 bits per heavy atom. The Labute approximate surface area is 101 Å². The maximum Gasteiger partial charge on any atom is 0.309 e. The Morgan fingerprint density at radius 1 is 1.53 bits per heavy atom. The smallest absolute Gasteiger partial charge is 0.309 e. The lowest BCUT2D eigenvalue weighted by Gasteiger charge is -2.06. The third-order valence-electron chi connectivity index (χ3n) is 3.56. The molecule has 2 atom stereocenters. The number of carbonyl (C=O) groups excluding carboxylic acids is 1. The zero-order chi connectivity index (χ0) is 11.8. The standard InChI is InChI=1S/C14H16O3/c1-2-16-14(15)12-8-11(12)9-4-3-5-13-10(9)6-7-17-13/h3-5,11-12H,2,6-8H2,1H3/t11?,12-/m0/s1. The van der Waals surface area contributed by atoms with E-state index in [1.807, 2.05) is 19.1 Å². The first kappa shape index (κ1) is 10.6. The Hall–Kier alpha value is -1.51. The van der Waals surface area contributed by atoms with Gasteiger partial charge in [0.05, 0.1) is 19.1 Å². The molecule has 1 unspecified atom stereocenters. The van der Waals surface area contributed by atoms with Crippen molar-refractivity contribution in [2.24, 2.45) is 5.92 Å². The summed E-state index contributed by atoms with van der Waals surface area (Å²) in [6.07, 6.45) is 1.90. The van der Waals surface area contributed by atoms with Crippen LogP contribution in [0.3, 0.4) is 0 Å². The molecule has 1 fully saturated rings. The summed E-state index contributed by atoms with van der Waals surface area (Å²) < 4.78 is 10.6. The van der Waals surface area contributed by atoms with Crippen LogP contribution in [-0.2, 0) is 16.0 Å². The second kappa shape index (κ2) is 4.06. The number of hydrogen-bond donors (Lipinski definition) is 0. The van der Waals surface area contributed by atoms with Crippen LogP contribution in [-0.4, -0.2) is 19.2 Å². The van der Waals surface area contributed by atoms with E-state index in [9.17, 15) is 4.79 Å². The molecule has 1 aromatic carbocycles. The first-order chi connectivity index (χ1) is 8.31. The first-order valence-electron chi connectivity index (χ1n) is 6.22. The highest BCUT2D eigenvalue weighted by molar-refractivity contribution is 5.77. The summed E-state index contributed by atoms with van der Waals surface area (Å²) in [4.78, 5) is 11.6. The quantitative estimate of drug-likeness (QED) is 0.750. The van der Waals surface area contributed by atoms with Crippen LogP contribution >= 0.6 is 0 Å². The van der Waals surface area contributed by atoms with E-state index in [4.69, 9.17) is 9.47 Å². The lowest BCUT2D eigenvalue weighted by Crippen LogP contribution is -2.07. The number of ether oxygens (including phenoxy) is 2. The molecule has 0 spiro atoms. The molecule has 0 aromatic heterocycles. The molecule has 1 saturated carbocycles. The van der Waals surface area contributed by atoms with Gasteiger partial charge in [-0.05, 0) is 30.9 Å². The van der Waals surface area contributed by atoms with E-state index in [2.05, 4.69) is 6.07 Å². The normalized spacial score (nSPS) is 25.0. The van der Waals surface area contributed by atoms with Gasteiger partial charge < -0.3 is 9.47 Å². The summed E-state index contributed by atoms with van der Waals surface area (Å²) in [5, 5.41) is 0. The SMILES string of the molecule is CCOC(=O)[C@H]1CC1c1cccc2c1CCO2. The van der Waals surface area contributed by atoms with E-state index < -0.39 is 0 Å². The van der Waals surface area contributed by atoms with Crippen molar-refractivity contribution in [2.75, 3.05) is 13.2 Å². The molecule has 0 bridgehead atoms. The van der Waals surface area contributed by atoms with E-state index in [1.165, 1.54) is 11.1 Å². The highest BCUT2D eigenvalue weighted by atomic mass is 16.5. The van der Waals surface area contributed by atoms with Crippen LogP contribution in [0.25, 0.3) is 0 Å². The van der Waals surface area contributed by atoms with Crippen molar-refractivity contribution < 1.29 is 14.3 Å². The summed E-state index contributed by atoms with van der Waals surface area (Å²) in [6.45, 7) is 3.09. The first-order valence-corrected chi connectivity index (χ1v) is 6.22. The number of benzene rings is 1. The highest BCUT2D eigenvalue weighted by Gasteiger charge is 2.46. The number of rotatable bonds is 3. The van der Waals surface area contributed by atoms with Gasteiger partial charge >= 0.3 is 5.97 Å². The lowest BCUT2D eigenvalue weighted by molar-refractivity contribution is -0.144. The third kappa shape index (κ3) is 1.79. The summed E-state index contributed by atoms with van der Waals surface area (Å²) >= 11 is 0. The van der Waals surface area contributed by atoms with E-state index >= 15 is 0 Å². The van der Waals surface area contributed by atoms with Crippen molar-refractivity contribution in [1.82, 2.24) is 0 Å². The fourth-order valence-electron chi connectivity index (χ4n) is 2.64. The minimum absolute atomic E-state index is 0.0472.